The third kappa shape index (κ3) is 3.35. The van der Waals surface area contributed by atoms with E-state index in [1.54, 1.807) is 18.5 Å². The second-order valence-electron chi connectivity index (χ2n) is 7.34. The van der Waals surface area contributed by atoms with Crippen LogP contribution in [-0.4, -0.2) is 49.1 Å². The summed E-state index contributed by atoms with van der Waals surface area (Å²) in [7, 11) is 0. The molecule has 30 heavy (non-hydrogen) atoms. The number of hydrogen-bond donors (Lipinski definition) is 1. The summed E-state index contributed by atoms with van der Waals surface area (Å²) in [6.45, 7) is 3.20. The van der Waals surface area contributed by atoms with Crippen molar-refractivity contribution in [1.82, 2.24) is 29.2 Å². The van der Waals surface area contributed by atoms with Gasteiger partial charge in [0.1, 0.15) is 11.5 Å². The Kier molecular flexibility index (Phi) is 4.76. The van der Waals surface area contributed by atoms with Crippen molar-refractivity contribution in [3.8, 4) is 17.3 Å². The van der Waals surface area contributed by atoms with E-state index < -0.39 is 0 Å². The van der Waals surface area contributed by atoms with Crippen LogP contribution in [0.25, 0.3) is 22.9 Å². The molecule has 1 amide bonds. The number of amides is 1. The van der Waals surface area contributed by atoms with Crippen LogP contribution in [0.15, 0.2) is 55.1 Å². The van der Waals surface area contributed by atoms with Crippen molar-refractivity contribution in [3.63, 3.8) is 0 Å². The average molecular weight is 402 g/mol. The van der Waals surface area contributed by atoms with Gasteiger partial charge in [-0.1, -0.05) is 6.07 Å². The first-order valence-corrected chi connectivity index (χ1v) is 10.0. The number of carbonyl (C=O) groups excluding carboxylic acids is 1. The summed E-state index contributed by atoms with van der Waals surface area (Å²) < 4.78 is 9.44. The number of hydrogen-bond acceptors (Lipinski definition) is 5. The average Bonchev–Trinajstić information content (AvgIpc) is 3.51. The lowest BCUT2D eigenvalue weighted by molar-refractivity contribution is 0.0859. The summed E-state index contributed by atoms with van der Waals surface area (Å²) >= 11 is 0. The Morgan fingerprint density at radius 1 is 1.27 bits per heavy atom. The number of ether oxygens (including phenoxy) is 1. The minimum atomic E-state index is -0.108. The number of nitrogens with one attached hydrogen (secondary N) is 1. The summed E-state index contributed by atoms with van der Waals surface area (Å²) in [5.74, 6) is 1.22. The first-order valence-electron chi connectivity index (χ1n) is 10.0. The van der Waals surface area contributed by atoms with Crippen LogP contribution in [0.4, 0.5) is 0 Å². The summed E-state index contributed by atoms with van der Waals surface area (Å²) in [5.41, 5.74) is 3.04. The summed E-state index contributed by atoms with van der Waals surface area (Å²) in [5, 5.41) is 3.02. The second kappa shape index (κ2) is 7.72. The zero-order chi connectivity index (χ0) is 20.5. The third-order valence-corrected chi connectivity index (χ3v) is 5.35. The molecule has 4 aromatic heterocycles. The van der Waals surface area contributed by atoms with Crippen LogP contribution in [0.2, 0.25) is 0 Å². The lowest BCUT2D eigenvalue weighted by Gasteiger charge is -2.10. The predicted octanol–water partition coefficient (Wildman–Crippen LogP) is 2.80. The number of aryl methyl sites for hydroxylation is 1. The van der Waals surface area contributed by atoms with Crippen LogP contribution < -0.4 is 5.32 Å². The number of imidazole rings is 1. The van der Waals surface area contributed by atoms with E-state index in [2.05, 4.69) is 15.3 Å². The van der Waals surface area contributed by atoms with Crippen LogP contribution in [0.3, 0.4) is 0 Å². The molecule has 1 aliphatic rings. The minimum absolute atomic E-state index is 0.103. The molecule has 0 bridgehead atoms. The topological polar surface area (TPSA) is 86.3 Å². The molecule has 0 aliphatic carbocycles. The fourth-order valence-corrected chi connectivity index (χ4v) is 3.85. The van der Waals surface area contributed by atoms with E-state index >= 15 is 0 Å². The Morgan fingerprint density at radius 2 is 2.13 bits per heavy atom. The number of fused-ring (bicyclic) bond motifs is 1. The normalized spacial score (nSPS) is 16.2. The van der Waals surface area contributed by atoms with Gasteiger partial charge in [-0.25, -0.2) is 15.0 Å². The third-order valence-electron chi connectivity index (χ3n) is 5.35. The van der Waals surface area contributed by atoms with E-state index in [0.717, 1.165) is 42.2 Å². The molecule has 1 fully saturated rings. The Balaban J connectivity index is 1.50. The predicted molar refractivity (Wildman–Crippen MR) is 112 cm³/mol. The molecule has 1 saturated heterocycles. The Hall–Kier alpha value is -3.52. The first-order chi connectivity index (χ1) is 14.7. The largest absolute Gasteiger partial charge is 0.376 e. The van der Waals surface area contributed by atoms with Crippen molar-refractivity contribution < 1.29 is 9.53 Å². The Labute approximate surface area is 173 Å². The molecule has 4 aromatic rings. The van der Waals surface area contributed by atoms with Crippen LogP contribution in [0.5, 0.6) is 0 Å². The van der Waals surface area contributed by atoms with Gasteiger partial charge in [-0.3, -0.25) is 9.36 Å². The highest BCUT2D eigenvalue weighted by molar-refractivity contribution is 6.02. The summed E-state index contributed by atoms with van der Waals surface area (Å²) in [6, 6.07) is 9.47. The van der Waals surface area contributed by atoms with Gasteiger partial charge in [0.05, 0.1) is 22.9 Å². The molecule has 1 N–H and O–H groups in total. The highest BCUT2D eigenvalue weighted by Gasteiger charge is 2.21. The van der Waals surface area contributed by atoms with Crippen molar-refractivity contribution in [2.75, 3.05) is 13.2 Å². The molecule has 0 aromatic carbocycles. The smallest absolute Gasteiger partial charge is 0.253 e. The van der Waals surface area contributed by atoms with E-state index in [4.69, 9.17) is 9.72 Å². The van der Waals surface area contributed by atoms with Crippen LogP contribution in [-0.2, 0) is 4.74 Å². The SMILES string of the molecule is Cc1nc(-c2cc(C(=O)NCC3CCCO3)c3ccccn23)cn1-c1ncccn1. The number of nitrogens with zero attached hydrogens (tertiary/aromatic N) is 5. The fourth-order valence-electron chi connectivity index (χ4n) is 3.85. The molecule has 0 radical (unpaired) electrons. The van der Waals surface area contributed by atoms with Crippen molar-refractivity contribution in [1.29, 1.82) is 0 Å². The number of aromatic nitrogens is 5. The lowest BCUT2D eigenvalue weighted by atomic mass is 10.2. The van der Waals surface area contributed by atoms with Crippen LogP contribution >= 0.6 is 0 Å². The molecule has 1 atom stereocenters. The summed E-state index contributed by atoms with van der Waals surface area (Å²) in [6.07, 6.45) is 9.37. The monoisotopic (exact) mass is 402 g/mol. The van der Waals surface area contributed by atoms with Gasteiger partial charge in [0.2, 0.25) is 5.95 Å². The molecule has 0 spiro atoms. The van der Waals surface area contributed by atoms with Crippen LogP contribution in [0.1, 0.15) is 29.0 Å². The van der Waals surface area contributed by atoms with E-state index in [9.17, 15) is 4.79 Å². The maximum Gasteiger partial charge on any atom is 0.253 e. The molecule has 0 saturated carbocycles. The maximum absolute atomic E-state index is 12.9. The molecule has 5 rings (SSSR count). The Morgan fingerprint density at radius 3 is 2.93 bits per heavy atom. The highest BCUT2D eigenvalue weighted by Crippen LogP contribution is 2.26. The maximum atomic E-state index is 12.9. The van der Waals surface area contributed by atoms with E-state index in [0.29, 0.717) is 18.1 Å². The van der Waals surface area contributed by atoms with Gasteiger partial charge in [-0.2, -0.15) is 0 Å². The molecular formula is C22H22N6O2. The minimum Gasteiger partial charge on any atom is -0.376 e. The standard InChI is InChI=1S/C22H22N6O2/c1-15-26-18(14-28(15)22-23-8-5-9-24-22)20-12-17(19-7-2-3-10-27(19)20)21(29)25-13-16-6-4-11-30-16/h2-3,5,7-10,12,14,16H,4,6,11,13H2,1H3,(H,25,29). The fraction of sp³-hybridized carbons (Fsp3) is 0.273. The quantitative estimate of drug-likeness (QED) is 0.555. The van der Waals surface area contributed by atoms with Gasteiger partial charge in [0.15, 0.2) is 0 Å². The highest BCUT2D eigenvalue weighted by atomic mass is 16.5. The lowest BCUT2D eigenvalue weighted by Crippen LogP contribution is -2.31. The van der Waals surface area contributed by atoms with Gasteiger partial charge >= 0.3 is 0 Å². The molecule has 152 valence electrons. The van der Waals surface area contributed by atoms with Gasteiger partial charge in [-0.15, -0.1) is 0 Å². The van der Waals surface area contributed by atoms with Crippen molar-refractivity contribution in [2.45, 2.75) is 25.9 Å². The molecular weight excluding hydrogens is 380 g/mol. The zero-order valence-electron chi connectivity index (χ0n) is 16.7. The Bertz CT molecular complexity index is 1190. The molecule has 8 nitrogen and oxygen atoms in total. The van der Waals surface area contributed by atoms with Crippen LogP contribution in [0, 0.1) is 6.92 Å². The number of pyridine rings is 1. The second-order valence-corrected chi connectivity index (χ2v) is 7.34. The molecule has 1 unspecified atom stereocenters. The van der Waals surface area contributed by atoms with Gasteiger partial charge in [0, 0.05) is 37.9 Å². The van der Waals surface area contributed by atoms with Gasteiger partial charge < -0.3 is 14.5 Å². The molecule has 5 heterocycles. The van der Waals surface area contributed by atoms with Crippen molar-refractivity contribution >= 4 is 11.4 Å². The summed E-state index contributed by atoms with van der Waals surface area (Å²) in [4.78, 5) is 26.2. The van der Waals surface area contributed by atoms with E-state index in [-0.39, 0.29) is 12.0 Å². The molecule has 1 aliphatic heterocycles. The first kappa shape index (κ1) is 18.5. The number of carbonyl (C=O) groups is 1. The molecule has 8 heteroatoms. The number of rotatable bonds is 5. The zero-order valence-corrected chi connectivity index (χ0v) is 16.7. The van der Waals surface area contributed by atoms with Gasteiger partial charge in [0.25, 0.3) is 5.91 Å². The van der Waals surface area contributed by atoms with Gasteiger partial charge in [-0.05, 0) is 44.0 Å². The van der Waals surface area contributed by atoms with E-state index in [1.165, 1.54) is 0 Å². The van der Waals surface area contributed by atoms with Crippen molar-refractivity contribution in [2.24, 2.45) is 0 Å². The van der Waals surface area contributed by atoms with Crippen molar-refractivity contribution in [3.05, 3.63) is 66.5 Å². The van der Waals surface area contributed by atoms with E-state index in [1.807, 2.05) is 52.6 Å².